The monoisotopic (exact) mass is 426 g/mol. The molecule has 0 saturated heterocycles. The van der Waals surface area contributed by atoms with E-state index in [1.807, 2.05) is 13.8 Å². The zero-order valence-electron chi connectivity index (χ0n) is 17.1. The van der Waals surface area contributed by atoms with Crippen LogP contribution in [0.2, 0.25) is 0 Å². The molecule has 0 spiro atoms. The molecule has 0 radical (unpaired) electrons. The molecule has 0 bridgehead atoms. The number of hydrogen-bond donors (Lipinski definition) is 2. The largest absolute Gasteiger partial charge is 0.489 e. The predicted molar refractivity (Wildman–Crippen MR) is 111 cm³/mol. The van der Waals surface area contributed by atoms with E-state index in [1.165, 1.54) is 12.1 Å². The van der Waals surface area contributed by atoms with Crippen molar-refractivity contribution in [2.45, 2.75) is 50.5 Å². The number of hydrogen-bond acceptors (Lipinski definition) is 5. The summed E-state index contributed by atoms with van der Waals surface area (Å²) in [6.45, 7) is 3.94. The molecule has 3 N–H and O–H groups in total. The maximum absolute atomic E-state index is 12.7. The molecule has 1 fully saturated rings. The van der Waals surface area contributed by atoms with Crippen LogP contribution in [-0.4, -0.2) is 39.3 Å². The van der Waals surface area contributed by atoms with Crippen LogP contribution in [0, 0.1) is 11.8 Å². The summed E-state index contributed by atoms with van der Waals surface area (Å²) < 4.78 is 43.4. The van der Waals surface area contributed by atoms with Crippen molar-refractivity contribution in [3.05, 3.63) is 36.2 Å². The topological polar surface area (TPSA) is 98.5 Å². The van der Waals surface area contributed by atoms with Crippen molar-refractivity contribution in [3.8, 4) is 5.75 Å². The molecule has 0 aliphatic heterocycles. The van der Waals surface area contributed by atoms with Crippen molar-refractivity contribution in [2.75, 3.05) is 18.9 Å². The van der Waals surface area contributed by atoms with Crippen LogP contribution in [0.3, 0.4) is 0 Å². The molecular weight excluding hydrogens is 395 g/mol. The highest BCUT2D eigenvalue weighted by Gasteiger charge is 2.29. The molecule has 8 heteroatoms. The Bertz CT molecular complexity index is 798. The smallest absolute Gasteiger partial charge is 0.223 e. The van der Waals surface area contributed by atoms with Gasteiger partial charge in [0.1, 0.15) is 12.4 Å². The Kier molecular flexibility index (Phi) is 8.64. The van der Waals surface area contributed by atoms with Gasteiger partial charge in [0.05, 0.1) is 17.0 Å². The van der Waals surface area contributed by atoms with Crippen molar-refractivity contribution in [1.29, 1.82) is 0 Å². The summed E-state index contributed by atoms with van der Waals surface area (Å²) in [6, 6.07) is 6.25. The minimum Gasteiger partial charge on any atom is -0.489 e. The van der Waals surface area contributed by atoms with Gasteiger partial charge in [0.25, 0.3) is 0 Å². The first-order chi connectivity index (χ1) is 13.7. The average Bonchev–Trinajstić information content (AvgIpc) is 2.69. The number of carbonyl (C=O) groups excluding carboxylic acids is 1. The number of amides is 1. The third kappa shape index (κ3) is 7.12. The summed E-state index contributed by atoms with van der Waals surface area (Å²) >= 11 is 0. The van der Waals surface area contributed by atoms with Crippen LogP contribution in [0.5, 0.6) is 5.75 Å². The van der Waals surface area contributed by atoms with E-state index in [-0.39, 0.29) is 47.6 Å². The number of ether oxygens (including phenoxy) is 1. The number of nitrogens with two attached hydrogens (primary N) is 1. The third-order valence-corrected chi connectivity index (χ3v) is 7.03. The summed E-state index contributed by atoms with van der Waals surface area (Å²) in [4.78, 5) is 12.4. The van der Waals surface area contributed by atoms with E-state index in [2.05, 4.69) is 5.32 Å². The number of halogens is 1. The molecule has 1 aromatic rings. The highest BCUT2D eigenvalue weighted by Crippen LogP contribution is 2.31. The Morgan fingerprint density at radius 1 is 1.24 bits per heavy atom. The summed E-state index contributed by atoms with van der Waals surface area (Å²) in [7, 11) is -3.42. The second kappa shape index (κ2) is 10.7. The van der Waals surface area contributed by atoms with Gasteiger partial charge in [-0.2, -0.15) is 0 Å². The fourth-order valence-corrected chi connectivity index (χ4v) is 5.15. The quantitative estimate of drug-likeness (QED) is 0.633. The maximum Gasteiger partial charge on any atom is 0.223 e. The van der Waals surface area contributed by atoms with E-state index >= 15 is 0 Å². The highest BCUT2D eigenvalue weighted by atomic mass is 32.2. The van der Waals surface area contributed by atoms with Crippen LogP contribution in [0.15, 0.2) is 41.1 Å². The molecule has 0 aromatic heterocycles. The second-order valence-electron chi connectivity index (χ2n) is 7.89. The van der Waals surface area contributed by atoms with Crippen molar-refractivity contribution in [2.24, 2.45) is 17.6 Å². The van der Waals surface area contributed by atoms with Gasteiger partial charge < -0.3 is 15.8 Å². The van der Waals surface area contributed by atoms with Crippen LogP contribution in [0.1, 0.15) is 39.5 Å². The zero-order chi connectivity index (χ0) is 21.4. The summed E-state index contributed by atoms with van der Waals surface area (Å²) in [6.07, 6.45) is 3.32. The van der Waals surface area contributed by atoms with E-state index in [4.69, 9.17) is 10.5 Å². The molecule has 1 aromatic carbocycles. The molecular formula is C21H31FN2O4S. The Labute approximate surface area is 172 Å². The van der Waals surface area contributed by atoms with E-state index in [0.29, 0.717) is 17.7 Å². The predicted octanol–water partition coefficient (Wildman–Crippen LogP) is 2.98. The molecule has 1 aliphatic rings. The third-order valence-electron chi connectivity index (χ3n) is 5.13. The molecule has 0 unspecified atom stereocenters. The van der Waals surface area contributed by atoms with E-state index in [9.17, 15) is 17.6 Å². The molecule has 0 heterocycles. The number of rotatable bonds is 9. The Morgan fingerprint density at radius 2 is 1.86 bits per heavy atom. The van der Waals surface area contributed by atoms with Crippen molar-refractivity contribution in [3.63, 3.8) is 0 Å². The lowest BCUT2D eigenvalue weighted by Crippen LogP contribution is -2.37. The molecule has 0 atom stereocenters. The van der Waals surface area contributed by atoms with E-state index in [1.54, 1.807) is 12.1 Å². The van der Waals surface area contributed by atoms with Crippen LogP contribution in [0.4, 0.5) is 4.39 Å². The molecule has 1 amide bonds. The highest BCUT2D eigenvalue weighted by molar-refractivity contribution is 7.91. The number of carbonyl (C=O) groups is 1. The van der Waals surface area contributed by atoms with Gasteiger partial charge in [-0.15, -0.1) is 0 Å². The normalized spacial score (nSPS) is 20.5. The van der Waals surface area contributed by atoms with Crippen LogP contribution in [0.25, 0.3) is 0 Å². The molecule has 162 valence electrons. The van der Waals surface area contributed by atoms with E-state index < -0.39 is 9.84 Å². The molecule has 1 saturated carbocycles. The second-order valence-corrected chi connectivity index (χ2v) is 9.93. The first-order valence-corrected chi connectivity index (χ1v) is 11.6. The fourth-order valence-electron chi connectivity index (χ4n) is 3.45. The zero-order valence-corrected chi connectivity index (χ0v) is 17.9. The lowest BCUT2D eigenvalue weighted by Gasteiger charge is -2.28. The first kappa shape index (κ1) is 23.3. The lowest BCUT2D eigenvalue weighted by molar-refractivity contribution is -0.126. The lowest BCUT2D eigenvalue weighted by atomic mass is 9.82. The number of nitrogens with one attached hydrogen (secondary N) is 1. The Hall–Kier alpha value is -1.93. The van der Waals surface area contributed by atoms with Gasteiger partial charge in [0.15, 0.2) is 9.84 Å². The van der Waals surface area contributed by atoms with Crippen LogP contribution in [-0.2, 0) is 14.6 Å². The average molecular weight is 427 g/mol. The minimum atomic E-state index is -3.42. The number of benzene rings is 1. The van der Waals surface area contributed by atoms with Gasteiger partial charge >= 0.3 is 0 Å². The SMILES string of the molecule is CC(C)NC(=O)C1CCC(CS(=O)(=O)c2ccc(OCC(=CF)CN)cc2)CC1. The van der Waals surface area contributed by atoms with Crippen LogP contribution >= 0.6 is 0 Å². The van der Waals surface area contributed by atoms with Crippen LogP contribution < -0.4 is 15.8 Å². The standard InChI is InChI=1S/C21H31FN2O4S/c1-15(2)24-21(25)18-5-3-16(4-6-18)14-29(26,27)20-9-7-19(8-10-20)28-13-17(11-22)12-23/h7-11,15-16,18H,3-6,12-14,23H2,1-2H3,(H,24,25). The van der Waals surface area contributed by atoms with Crippen molar-refractivity contribution >= 4 is 15.7 Å². The Balaban J connectivity index is 1.89. The molecule has 29 heavy (non-hydrogen) atoms. The number of sulfone groups is 1. The van der Waals surface area contributed by atoms with Gasteiger partial charge in [-0.3, -0.25) is 4.79 Å². The van der Waals surface area contributed by atoms with Gasteiger partial charge in [0.2, 0.25) is 5.91 Å². The van der Waals surface area contributed by atoms with Gasteiger partial charge in [0, 0.05) is 24.1 Å². The summed E-state index contributed by atoms with van der Waals surface area (Å²) in [5.41, 5.74) is 5.69. The molecule has 2 rings (SSSR count). The van der Waals surface area contributed by atoms with Gasteiger partial charge in [-0.1, -0.05) is 0 Å². The minimum absolute atomic E-state index is 0.0206. The summed E-state index contributed by atoms with van der Waals surface area (Å²) in [5, 5.41) is 2.93. The van der Waals surface area contributed by atoms with Crippen molar-refractivity contribution in [1.82, 2.24) is 5.32 Å². The van der Waals surface area contributed by atoms with Crippen molar-refractivity contribution < 1.29 is 22.3 Å². The maximum atomic E-state index is 12.7. The van der Waals surface area contributed by atoms with E-state index in [0.717, 1.165) is 25.7 Å². The molecule has 6 nitrogen and oxygen atoms in total. The first-order valence-electron chi connectivity index (χ1n) is 9.99. The fraction of sp³-hybridized carbons (Fsp3) is 0.571. The van der Waals surface area contributed by atoms with Gasteiger partial charge in [-0.25, -0.2) is 12.8 Å². The summed E-state index contributed by atoms with van der Waals surface area (Å²) in [5.74, 6) is 0.629. The van der Waals surface area contributed by atoms with Gasteiger partial charge in [-0.05, 0) is 69.7 Å². The Morgan fingerprint density at radius 3 is 2.38 bits per heavy atom. The molecule has 1 aliphatic carbocycles.